The van der Waals surface area contributed by atoms with E-state index in [1.807, 2.05) is 6.07 Å². The van der Waals surface area contributed by atoms with E-state index in [0.717, 1.165) is 38.2 Å². The maximum absolute atomic E-state index is 11.9. The van der Waals surface area contributed by atoms with Crippen molar-refractivity contribution in [2.75, 3.05) is 19.7 Å². The third-order valence-corrected chi connectivity index (χ3v) is 4.80. The van der Waals surface area contributed by atoms with E-state index in [4.69, 9.17) is 27.9 Å². The standard InChI is InChI=1S/C20H21Cl2N3O2/c21-16-6-7-19(18(22)12-16)27-14-20(26)24-23-17-8-10-25(11-9-17)13-15-4-2-1-3-5-15/h1-7,12H,8-11,13-14H2,(H,24,26). The van der Waals surface area contributed by atoms with Crippen LogP contribution in [-0.4, -0.2) is 36.2 Å². The summed E-state index contributed by atoms with van der Waals surface area (Å²) < 4.78 is 5.40. The van der Waals surface area contributed by atoms with E-state index in [2.05, 4.69) is 39.7 Å². The molecule has 0 unspecified atom stereocenters. The number of nitrogens with one attached hydrogen (secondary N) is 1. The number of halogens is 2. The second-order valence-electron chi connectivity index (χ2n) is 6.34. The van der Waals surface area contributed by atoms with Crippen LogP contribution in [0, 0.1) is 0 Å². The first-order valence-corrected chi connectivity index (χ1v) is 9.54. The predicted molar refractivity (Wildman–Crippen MR) is 108 cm³/mol. The molecule has 1 saturated heterocycles. The van der Waals surface area contributed by atoms with E-state index >= 15 is 0 Å². The van der Waals surface area contributed by atoms with Gasteiger partial charge in [-0.2, -0.15) is 5.10 Å². The van der Waals surface area contributed by atoms with Crippen molar-refractivity contribution in [1.29, 1.82) is 0 Å². The van der Waals surface area contributed by atoms with Gasteiger partial charge in [0.2, 0.25) is 0 Å². The summed E-state index contributed by atoms with van der Waals surface area (Å²) in [5, 5.41) is 5.11. The number of hydrogen-bond acceptors (Lipinski definition) is 4. The van der Waals surface area contributed by atoms with Gasteiger partial charge in [0, 0.05) is 43.2 Å². The van der Waals surface area contributed by atoms with Gasteiger partial charge in [0.1, 0.15) is 5.75 Å². The minimum Gasteiger partial charge on any atom is -0.482 e. The average Bonchev–Trinajstić information content (AvgIpc) is 2.67. The number of hydrazone groups is 1. The molecule has 7 heteroatoms. The van der Waals surface area contributed by atoms with Crippen LogP contribution in [0.15, 0.2) is 53.6 Å². The molecule has 1 heterocycles. The van der Waals surface area contributed by atoms with Gasteiger partial charge in [0.15, 0.2) is 6.61 Å². The Morgan fingerprint density at radius 1 is 1.11 bits per heavy atom. The van der Waals surface area contributed by atoms with Crippen LogP contribution >= 0.6 is 23.2 Å². The van der Waals surface area contributed by atoms with Gasteiger partial charge in [0.25, 0.3) is 5.91 Å². The normalized spacial score (nSPS) is 14.7. The van der Waals surface area contributed by atoms with Crippen molar-refractivity contribution in [3.63, 3.8) is 0 Å². The fourth-order valence-corrected chi connectivity index (χ4v) is 3.29. The molecule has 1 amide bonds. The number of rotatable bonds is 6. The van der Waals surface area contributed by atoms with Crippen molar-refractivity contribution in [3.8, 4) is 5.75 Å². The van der Waals surface area contributed by atoms with Crippen molar-refractivity contribution in [2.45, 2.75) is 19.4 Å². The van der Waals surface area contributed by atoms with Crippen LogP contribution in [0.3, 0.4) is 0 Å². The summed E-state index contributed by atoms with van der Waals surface area (Å²) in [5.41, 5.74) is 4.86. The lowest BCUT2D eigenvalue weighted by Gasteiger charge is -2.27. The van der Waals surface area contributed by atoms with Gasteiger partial charge < -0.3 is 4.74 Å². The monoisotopic (exact) mass is 405 g/mol. The number of carbonyl (C=O) groups excluding carboxylic acids is 1. The number of ether oxygens (including phenoxy) is 1. The molecule has 0 aliphatic carbocycles. The molecule has 0 bridgehead atoms. The van der Waals surface area contributed by atoms with E-state index in [1.54, 1.807) is 18.2 Å². The van der Waals surface area contributed by atoms with Crippen LogP contribution in [0.25, 0.3) is 0 Å². The lowest BCUT2D eigenvalue weighted by atomic mass is 10.1. The van der Waals surface area contributed by atoms with Gasteiger partial charge in [-0.1, -0.05) is 53.5 Å². The first-order valence-electron chi connectivity index (χ1n) is 8.78. The molecule has 1 aliphatic rings. The molecule has 27 heavy (non-hydrogen) atoms. The van der Waals surface area contributed by atoms with E-state index < -0.39 is 0 Å². The number of carbonyl (C=O) groups is 1. The van der Waals surface area contributed by atoms with Crippen molar-refractivity contribution in [1.82, 2.24) is 10.3 Å². The molecule has 1 N–H and O–H groups in total. The van der Waals surface area contributed by atoms with E-state index in [9.17, 15) is 4.79 Å². The Kier molecular flexibility index (Phi) is 7.10. The molecule has 0 spiro atoms. The van der Waals surface area contributed by atoms with E-state index in [1.165, 1.54) is 5.56 Å². The van der Waals surface area contributed by atoms with E-state index in [0.29, 0.717) is 15.8 Å². The fourth-order valence-electron chi connectivity index (χ4n) is 2.83. The number of piperidine rings is 1. The maximum atomic E-state index is 11.9. The molecular formula is C20H21Cl2N3O2. The number of nitrogens with zero attached hydrogens (tertiary/aromatic N) is 2. The molecule has 1 fully saturated rings. The summed E-state index contributed by atoms with van der Waals surface area (Å²) in [6.45, 7) is 2.65. The molecule has 0 atom stereocenters. The van der Waals surface area contributed by atoms with Crippen LogP contribution in [-0.2, 0) is 11.3 Å². The number of benzene rings is 2. The highest BCUT2D eigenvalue weighted by Gasteiger charge is 2.15. The van der Waals surface area contributed by atoms with Gasteiger partial charge in [-0.15, -0.1) is 0 Å². The lowest BCUT2D eigenvalue weighted by molar-refractivity contribution is -0.123. The highest BCUT2D eigenvalue weighted by Crippen LogP contribution is 2.27. The van der Waals surface area contributed by atoms with Crippen molar-refractivity contribution in [2.24, 2.45) is 5.10 Å². The first-order chi connectivity index (χ1) is 13.1. The molecular weight excluding hydrogens is 385 g/mol. The van der Waals surface area contributed by atoms with Crippen LogP contribution in [0.1, 0.15) is 18.4 Å². The minimum absolute atomic E-state index is 0.154. The minimum atomic E-state index is -0.319. The highest BCUT2D eigenvalue weighted by molar-refractivity contribution is 6.35. The molecule has 0 radical (unpaired) electrons. The Morgan fingerprint density at radius 3 is 2.56 bits per heavy atom. The van der Waals surface area contributed by atoms with Gasteiger partial charge in [0.05, 0.1) is 5.02 Å². The second kappa shape index (κ2) is 9.74. The molecule has 2 aromatic carbocycles. The SMILES string of the molecule is O=C(COc1ccc(Cl)cc1Cl)NN=C1CCN(Cc2ccccc2)CC1. The smallest absolute Gasteiger partial charge is 0.277 e. The van der Waals surface area contributed by atoms with E-state index in [-0.39, 0.29) is 12.5 Å². The van der Waals surface area contributed by atoms with Gasteiger partial charge >= 0.3 is 0 Å². The zero-order valence-corrected chi connectivity index (χ0v) is 16.3. The van der Waals surface area contributed by atoms with Gasteiger partial charge in [-0.05, 0) is 23.8 Å². The van der Waals surface area contributed by atoms with Crippen molar-refractivity contribution < 1.29 is 9.53 Å². The molecule has 3 rings (SSSR count). The fraction of sp³-hybridized carbons (Fsp3) is 0.300. The Labute approximate surface area is 168 Å². The van der Waals surface area contributed by atoms with Gasteiger partial charge in [-0.3, -0.25) is 9.69 Å². The third kappa shape index (κ3) is 6.24. The molecule has 1 aliphatic heterocycles. The van der Waals surface area contributed by atoms with Crippen LogP contribution in [0.2, 0.25) is 10.0 Å². The largest absolute Gasteiger partial charge is 0.482 e. The first kappa shape index (κ1) is 19.7. The number of hydrogen-bond donors (Lipinski definition) is 1. The Balaban J connectivity index is 1.40. The van der Waals surface area contributed by atoms with Crippen molar-refractivity contribution >= 4 is 34.8 Å². The highest BCUT2D eigenvalue weighted by atomic mass is 35.5. The van der Waals surface area contributed by atoms with Crippen LogP contribution in [0.5, 0.6) is 5.75 Å². The van der Waals surface area contributed by atoms with Crippen LogP contribution < -0.4 is 10.2 Å². The third-order valence-electron chi connectivity index (χ3n) is 4.27. The van der Waals surface area contributed by atoms with Crippen molar-refractivity contribution in [3.05, 3.63) is 64.1 Å². The Hall–Kier alpha value is -2.08. The summed E-state index contributed by atoms with van der Waals surface area (Å²) in [4.78, 5) is 14.3. The zero-order chi connectivity index (χ0) is 19.1. The molecule has 2 aromatic rings. The summed E-state index contributed by atoms with van der Waals surface area (Å²) >= 11 is 11.8. The quantitative estimate of drug-likeness (QED) is 0.734. The Morgan fingerprint density at radius 2 is 1.85 bits per heavy atom. The average molecular weight is 406 g/mol. The number of amides is 1. The summed E-state index contributed by atoms with van der Waals surface area (Å²) in [7, 11) is 0. The van der Waals surface area contributed by atoms with Crippen LogP contribution in [0.4, 0.5) is 0 Å². The van der Waals surface area contributed by atoms with Gasteiger partial charge in [-0.25, -0.2) is 5.43 Å². The topological polar surface area (TPSA) is 53.9 Å². The summed E-state index contributed by atoms with van der Waals surface area (Å²) in [6.07, 6.45) is 1.69. The molecule has 142 valence electrons. The molecule has 0 saturated carbocycles. The molecule has 0 aromatic heterocycles. The Bertz CT molecular complexity index is 802. The zero-order valence-electron chi connectivity index (χ0n) is 14.8. The summed E-state index contributed by atoms with van der Waals surface area (Å²) in [5.74, 6) is 0.0957. The second-order valence-corrected chi connectivity index (χ2v) is 7.18. The lowest BCUT2D eigenvalue weighted by Crippen LogP contribution is -2.35. The summed E-state index contributed by atoms with van der Waals surface area (Å²) in [6, 6.07) is 15.3. The molecule has 5 nitrogen and oxygen atoms in total. The number of likely N-dealkylation sites (tertiary alicyclic amines) is 1. The predicted octanol–water partition coefficient (Wildman–Crippen LogP) is 4.14. The maximum Gasteiger partial charge on any atom is 0.277 e.